The van der Waals surface area contributed by atoms with Crippen molar-refractivity contribution in [2.75, 3.05) is 5.73 Å². The second kappa shape index (κ2) is 4.28. The predicted octanol–water partition coefficient (Wildman–Crippen LogP) is 2.00. The standard InChI is InChI=1S/C10H17N3S/c1-7(4-8-2-3-8)12-5-9-6-13-10(11)14-9/h6-8,12H,2-5H2,1H3,(H2,11,13). The molecule has 1 fully saturated rings. The van der Waals surface area contributed by atoms with Gasteiger partial charge >= 0.3 is 0 Å². The average Bonchev–Trinajstić information content (AvgIpc) is 2.85. The van der Waals surface area contributed by atoms with E-state index in [1.54, 1.807) is 11.3 Å². The Morgan fingerprint density at radius 3 is 3.07 bits per heavy atom. The van der Waals surface area contributed by atoms with Crippen molar-refractivity contribution in [1.29, 1.82) is 0 Å². The van der Waals surface area contributed by atoms with Gasteiger partial charge in [0.15, 0.2) is 5.13 Å². The van der Waals surface area contributed by atoms with Gasteiger partial charge in [-0.1, -0.05) is 12.8 Å². The molecular weight excluding hydrogens is 194 g/mol. The summed E-state index contributed by atoms with van der Waals surface area (Å²) < 4.78 is 0. The van der Waals surface area contributed by atoms with Gasteiger partial charge in [0, 0.05) is 23.7 Å². The Labute approximate surface area is 88.7 Å². The number of nitrogens with two attached hydrogens (primary N) is 1. The lowest BCUT2D eigenvalue weighted by molar-refractivity contribution is 0.489. The van der Waals surface area contributed by atoms with Crippen LogP contribution in [0.2, 0.25) is 0 Å². The second-order valence-electron chi connectivity index (χ2n) is 4.13. The van der Waals surface area contributed by atoms with Crippen molar-refractivity contribution < 1.29 is 0 Å². The Morgan fingerprint density at radius 2 is 2.50 bits per heavy atom. The van der Waals surface area contributed by atoms with Crippen LogP contribution in [0.4, 0.5) is 5.13 Å². The van der Waals surface area contributed by atoms with E-state index in [2.05, 4.69) is 17.2 Å². The van der Waals surface area contributed by atoms with Gasteiger partial charge in [0.1, 0.15) is 0 Å². The first kappa shape index (κ1) is 9.93. The molecule has 1 heterocycles. The zero-order valence-corrected chi connectivity index (χ0v) is 9.31. The van der Waals surface area contributed by atoms with Crippen LogP contribution in [0.3, 0.4) is 0 Å². The van der Waals surface area contributed by atoms with Gasteiger partial charge in [0.25, 0.3) is 0 Å². The Balaban J connectivity index is 1.70. The third kappa shape index (κ3) is 2.96. The van der Waals surface area contributed by atoms with Gasteiger partial charge in [0.05, 0.1) is 0 Å². The first-order chi connectivity index (χ1) is 6.74. The maximum Gasteiger partial charge on any atom is 0.180 e. The maximum atomic E-state index is 5.56. The van der Waals surface area contributed by atoms with Gasteiger partial charge in [-0.05, 0) is 19.3 Å². The molecule has 1 aliphatic rings. The predicted molar refractivity (Wildman–Crippen MR) is 60.2 cm³/mol. The summed E-state index contributed by atoms with van der Waals surface area (Å²) in [7, 11) is 0. The van der Waals surface area contributed by atoms with Crippen LogP contribution in [0, 0.1) is 5.92 Å². The molecule has 0 aromatic carbocycles. The number of nitrogens with one attached hydrogen (secondary N) is 1. The number of rotatable bonds is 5. The molecule has 1 aliphatic carbocycles. The summed E-state index contributed by atoms with van der Waals surface area (Å²) in [6, 6.07) is 0.617. The lowest BCUT2D eigenvalue weighted by atomic mass is 10.1. The number of nitrogens with zero attached hydrogens (tertiary/aromatic N) is 1. The molecule has 2 rings (SSSR count). The fourth-order valence-electron chi connectivity index (χ4n) is 1.62. The Morgan fingerprint density at radius 1 is 1.71 bits per heavy atom. The van der Waals surface area contributed by atoms with E-state index in [4.69, 9.17) is 5.73 Å². The number of nitrogen functional groups attached to an aromatic ring is 1. The van der Waals surface area contributed by atoms with Crippen molar-refractivity contribution in [3.05, 3.63) is 11.1 Å². The van der Waals surface area contributed by atoms with Crippen LogP contribution in [-0.4, -0.2) is 11.0 Å². The summed E-state index contributed by atoms with van der Waals surface area (Å²) in [6.07, 6.45) is 6.03. The molecule has 3 nitrogen and oxygen atoms in total. The minimum Gasteiger partial charge on any atom is -0.375 e. The van der Waals surface area contributed by atoms with E-state index >= 15 is 0 Å². The normalized spacial score (nSPS) is 18.4. The number of aromatic nitrogens is 1. The highest BCUT2D eigenvalue weighted by Gasteiger charge is 2.23. The lowest BCUT2D eigenvalue weighted by Crippen LogP contribution is -2.25. The topological polar surface area (TPSA) is 50.9 Å². The van der Waals surface area contributed by atoms with Crippen LogP contribution < -0.4 is 11.1 Å². The van der Waals surface area contributed by atoms with Crippen LogP contribution in [0.5, 0.6) is 0 Å². The van der Waals surface area contributed by atoms with E-state index < -0.39 is 0 Å². The molecule has 1 atom stereocenters. The monoisotopic (exact) mass is 211 g/mol. The third-order valence-electron chi connectivity index (χ3n) is 2.58. The summed E-state index contributed by atoms with van der Waals surface area (Å²) >= 11 is 1.57. The minimum atomic E-state index is 0.617. The maximum absolute atomic E-state index is 5.56. The van der Waals surface area contributed by atoms with Crippen molar-refractivity contribution in [1.82, 2.24) is 10.3 Å². The van der Waals surface area contributed by atoms with E-state index in [0.717, 1.165) is 12.5 Å². The fourth-order valence-corrected chi connectivity index (χ4v) is 2.25. The number of hydrogen-bond donors (Lipinski definition) is 2. The molecule has 0 saturated heterocycles. The molecule has 14 heavy (non-hydrogen) atoms. The molecule has 1 aromatic heterocycles. The molecule has 1 unspecified atom stereocenters. The number of anilines is 1. The molecule has 1 aromatic rings. The highest BCUT2D eigenvalue weighted by molar-refractivity contribution is 7.15. The Bertz CT molecular complexity index is 293. The van der Waals surface area contributed by atoms with Crippen LogP contribution in [-0.2, 0) is 6.54 Å². The largest absolute Gasteiger partial charge is 0.375 e. The molecule has 3 N–H and O–H groups in total. The third-order valence-corrected chi connectivity index (χ3v) is 3.41. The Hall–Kier alpha value is -0.610. The SMILES string of the molecule is CC(CC1CC1)NCc1cnc(N)s1. The molecule has 0 radical (unpaired) electrons. The van der Waals surface area contributed by atoms with Gasteiger partial charge in [-0.3, -0.25) is 0 Å². The number of hydrogen-bond acceptors (Lipinski definition) is 4. The lowest BCUT2D eigenvalue weighted by Gasteiger charge is -2.11. The van der Waals surface area contributed by atoms with Gasteiger partial charge in [-0.15, -0.1) is 11.3 Å². The molecule has 0 aliphatic heterocycles. The van der Waals surface area contributed by atoms with Crippen LogP contribution in [0.1, 0.15) is 31.1 Å². The molecule has 4 heteroatoms. The van der Waals surface area contributed by atoms with Gasteiger partial charge in [0.2, 0.25) is 0 Å². The summed E-state index contributed by atoms with van der Waals surface area (Å²) in [6.45, 7) is 3.16. The first-order valence-corrected chi connectivity index (χ1v) is 5.99. The summed E-state index contributed by atoms with van der Waals surface area (Å²) in [4.78, 5) is 5.25. The molecule has 78 valence electrons. The molecule has 0 bridgehead atoms. The summed E-state index contributed by atoms with van der Waals surface area (Å²) in [5.41, 5.74) is 5.56. The van der Waals surface area contributed by atoms with E-state index in [-0.39, 0.29) is 0 Å². The van der Waals surface area contributed by atoms with Crippen LogP contribution in [0.15, 0.2) is 6.20 Å². The van der Waals surface area contributed by atoms with Crippen LogP contribution in [0.25, 0.3) is 0 Å². The van der Waals surface area contributed by atoms with Crippen LogP contribution >= 0.6 is 11.3 Å². The number of thiazole rings is 1. The van der Waals surface area contributed by atoms with Crippen molar-refractivity contribution in [3.8, 4) is 0 Å². The quantitative estimate of drug-likeness (QED) is 0.783. The van der Waals surface area contributed by atoms with E-state index in [9.17, 15) is 0 Å². The second-order valence-corrected chi connectivity index (χ2v) is 5.27. The Kier molecular flexibility index (Phi) is 3.03. The highest BCUT2D eigenvalue weighted by atomic mass is 32.1. The van der Waals surface area contributed by atoms with E-state index in [1.165, 1.54) is 24.1 Å². The van der Waals surface area contributed by atoms with Crippen molar-refractivity contribution >= 4 is 16.5 Å². The van der Waals surface area contributed by atoms with E-state index in [1.807, 2.05) is 6.20 Å². The van der Waals surface area contributed by atoms with Crippen molar-refractivity contribution in [2.45, 2.75) is 38.8 Å². The molecule has 0 spiro atoms. The first-order valence-electron chi connectivity index (χ1n) is 5.17. The smallest absolute Gasteiger partial charge is 0.180 e. The van der Waals surface area contributed by atoms with Gasteiger partial charge in [-0.2, -0.15) is 0 Å². The van der Waals surface area contributed by atoms with Gasteiger partial charge < -0.3 is 11.1 Å². The minimum absolute atomic E-state index is 0.617. The zero-order chi connectivity index (χ0) is 9.97. The molecule has 1 saturated carbocycles. The zero-order valence-electron chi connectivity index (χ0n) is 8.49. The molecule has 0 amide bonds. The van der Waals surface area contributed by atoms with E-state index in [0.29, 0.717) is 11.2 Å². The van der Waals surface area contributed by atoms with Crippen molar-refractivity contribution in [3.63, 3.8) is 0 Å². The fraction of sp³-hybridized carbons (Fsp3) is 0.700. The summed E-state index contributed by atoms with van der Waals surface area (Å²) in [5, 5.41) is 4.16. The van der Waals surface area contributed by atoms with Gasteiger partial charge in [-0.25, -0.2) is 4.98 Å². The molecular formula is C10H17N3S. The average molecular weight is 211 g/mol. The van der Waals surface area contributed by atoms with Crippen molar-refractivity contribution in [2.24, 2.45) is 5.92 Å². The highest BCUT2D eigenvalue weighted by Crippen LogP contribution is 2.33. The summed E-state index contributed by atoms with van der Waals surface area (Å²) in [5.74, 6) is 0.990.